The van der Waals surface area contributed by atoms with E-state index < -0.39 is 11.9 Å². The van der Waals surface area contributed by atoms with Crippen molar-refractivity contribution in [2.24, 2.45) is 0 Å². The molecule has 3 rings (SSSR count). The molecule has 0 saturated carbocycles. The van der Waals surface area contributed by atoms with E-state index in [0.717, 1.165) is 11.1 Å². The fourth-order valence-electron chi connectivity index (χ4n) is 2.40. The minimum Gasteiger partial charge on any atom is -0.462 e. The van der Waals surface area contributed by atoms with E-state index in [-0.39, 0.29) is 0 Å². The topological polar surface area (TPSA) is 68.4 Å². The Morgan fingerprint density at radius 2 is 1.79 bits per heavy atom. The van der Waals surface area contributed by atoms with Gasteiger partial charge in [-0.1, -0.05) is 17.7 Å². The number of H-pyrrole nitrogens is 1. The zero-order valence-electron chi connectivity index (χ0n) is 13.5. The third-order valence-corrected chi connectivity index (χ3v) is 3.64. The molecule has 0 aliphatic carbocycles. The Balaban J connectivity index is 1.90. The maximum atomic E-state index is 12.4. The van der Waals surface area contributed by atoms with E-state index in [1.54, 1.807) is 43.5 Å². The summed E-state index contributed by atoms with van der Waals surface area (Å²) < 4.78 is 10.4. The molecule has 5 heteroatoms. The third kappa shape index (κ3) is 3.15. The van der Waals surface area contributed by atoms with Crippen LogP contribution in [-0.4, -0.2) is 23.5 Å². The van der Waals surface area contributed by atoms with Crippen molar-refractivity contribution in [2.75, 3.05) is 6.61 Å². The average molecular weight is 323 g/mol. The SMILES string of the molecule is CCOC(=O)c1ccc2[nH]cc(C(=O)Oc3ccc(C)cc3)c2c1. The van der Waals surface area contributed by atoms with E-state index in [4.69, 9.17) is 9.47 Å². The van der Waals surface area contributed by atoms with Crippen LogP contribution in [0.25, 0.3) is 10.9 Å². The summed E-state index contributed by atoms with van der Waals surface area (Å²) in [6.45, 7) is 4.01. The van der Waals surface area contributed by atoms with Crippen LogP contribution >= 0.6 is 0 Å². The highest BCUT2D eigenvalue weighted by Crippen LogP contribution is 2.22. The van der Waals surface area contributed by atoms with Crippen LogP contribution in [0.3, 0.4) is 0 Å². The molecule has 0 aliphatic rings. The number of carbonyl (C=O) groups is 2. The van der Waals surface area contributed by atoms with Gasteiger partial charge in [0.05, 0.1) is 17.7 Å². The molecule has 2 aromatic carbocycles. The summed E-state index contributed by atoms with van der Waals surface area (Å²) in [5.74, 6) is -0.425. The van der Waals surface area contributed by atoms with Gasteiger partial charge in [0.15, 0.2) is 0 Å². The molecule has 1 heterocycles. The van der Waals surface area contributed by atoms with Crippen LogP contribution in [0.2, 0.25) is 0 Å². The highest BCUT2D eigenvalue weighted by Gasteiger charge is 2.16. The van der Waals surface area contributed by atoms with Gasteiger partial charge in [0.1, 0.15) is 5.75 Å². The summed E-state index contributed by atoms with van der Waals surface area (Å²) in [4.78, 5) is 27.3. The van der Waals surface area contributed by atoms with E-state index in [2.05, 4.69) is 4.98 Å². The molecule has 0 amide bonds. The van der Waals surface area contributed by atoms with Crippen molar-refractivity contribution in [3.05, 3.63) is 65.4 Å². The standard InChI is InChI=1S/C19H17NO4/c1-3-23-18(21)13-6-9-17-15(10-13)16(11-20-17)19(22)24-14-7-4-12(2)5-8-14/h4-11,20H,3H2,1-2H3. The van der Waals surface area contributed by atoms with Crippen molar-refractivity contribution in [3.8, 4) is 5.75 Å². The van der Waals surface area contributed by atoms with Crippen LogP contribution < -0.4 is 4.74 Å². The quantitative estimate of drug-likeness (QED) is 0.584. The molecule has 0 radical (unpaired) electrons. The number of aromatic amines is 1. The molecule has 0 aliphatic heterocycles. The second-order valence-corrected chi connectivity index (χ2v) is 5.39. The van der Waals surface area contributed by atoms with Crippen molar-refractivity contribution in [1.29, 1.82) is 0 Å². The first kappa shape index (κ1) is 15.8. The first-order chi connectivity index (χ1) is 11.6. The van der Waals surface area contributed by atoms with Gasteiger partial charge in [-0.25, -0.2) is 9.59 Å². The Hall–Kier alpha value is -3.08. The predicted octanol–water partition coefficient (Wildman–Crippen LogP) is 3.87. The highest BCUT2D eigenvalue weighted by atomic mass is 16.5. The molecule has 0 fully saturated rings. The van der Waals surface area contributed by atoms with Crippen molar-refractivity contribution in [2.45, 2.75) is 13.8 Å². The lowest BCUT2D eigenvalue weighted by atomic mass is 10.1. The fraction of sp³-hybridized carbons (Fsp3) is 0.158. The molecule has 3 aromatic rings. The van der Waals surface area contributed by atoms with E-state index >= 15 is 0 Å². The summed E-state index contributed by atoms with van der Waals surface area (Å²) in [6, 6.07) is 12.3. The van der Waals surface area contributed by atoms with Crippen LogP contribution in [-0.2, 0) is 4.74 Å². The Morgan fingerprint density at radius 3 is 2.50 bits per heavy atom. The van der Waals surface area contributed by atoms with E-state index in [9.17, 15) is 9.59 Å². The molecule has 1 aromatic heterocycles. The summed E-state index contributed by atoms with van der Waals surface area (Å²) in [5, 5.41) is 0.623. The number of hydrogen-bond donors (Lipinski definition) is 1. The highest BCUT2D eigenvalue weighted by molar-refractivity contribution is 6.06. The van der Waals surface area contributed by atoms with Crippen LogP contribution in [0.1, 0.15) is 33.2 Å². The van der Waals surface area contributed by atoms with E-state index in [0.29, 0.717) is 28.9 Å². The maximum absolute atomic E-state index is 12.4. The van der Waals surface area contributed by atoms with Gasteiger partial charge in [-0.2, -0.15) is 0 Å². The third-order valence-electron chi connectivity index (χ3n) is 3.64. The molecule has 0 bridgehead atoms. The number of rotatable bonds is 4. The number of nitrogens with one attached hydrogen (secondary N) is 1. The summed E-state index contributed by atoms with van der Waals surface area (Å²) in [6.07, 6.45) is 1.58. The predicted molar refractivity (Wildman–Crippen MR) is 90.4 cm³/mol. The number of carbonyl (C=O) groups excluding carboxylic acids is 2. The number of hydrogen-bond acceptors (Lipinski definition) is 4. The number of aryl methyl sites for hydroxylation is 1. The number of ether oxygens (including phenoxy) is 2. The van der Waals surface area contributed by atoms with Gasteiger partial charge in [-0.05, 0) is 44.2 Å². The summed E-state index contributed by atoms with van der Waals surface area (Å²) in [7, 11) is 0. The van der Waals surface area contributed by atoms with Crippen molar-refractivity contribution >= 4 is 22.8 Å². The number of aromatic nitrogens is 1. The number of esters is 2. The summed E-state index contributed by atoms with van der Waals surface area (Å²) >= 11 is 0. The molecule has 0 spiro atoms. The van der Waals surface area contributed by atoms with Gasteiger partial charge in [0, 0.05) is 17.1 Å². The monoisotopic (exact) mass is 323 g/mol. The fourth-order valence-corrected chi connectivity index (χ4v) is 2.40. The Kier molecular flexibility index (Phi) is 4.33. The molecular weight excluding hydrogens is 306 g/mol. The van der Waals surface area contributed by atoms with Crippen molar-refractivity contribution in [1.82, 2.24) is 4.98 Å². The smallest absolute Gasteiger partial charge is 0.345 e. The zero-order valence-corrected chi connectivity index (χ0v) is 13.5. The molecular formula is C19H17NO4. The van der Waals surface area contributed by atoms with Gasteiger partial charge >= 0.3 is 11.9 Å². The lowest BCUT2D eigenvalue weighted by molar-refractivity contribution is 0.0526. The van der Waals surface area contributed by atoms with E-state index in [1.165, 1.54) is 0 Å². The first-order valence-electron chi connectivity index (χ1n) is 7.65. The molecule has 0 unspecified atom stereocenters. The average Bonchev–Trinajstić information content (AvgIpc) is 3.00. The largest absolute Gasteiger partial charge is 0.462 e. The van der Waals surface area contributed by atoms with Gasteiger partial charge in [-0.15, -0.1) is 0 Å². The minimum atomic E-state index is -0.480. The van der Waals surface area contributed by atoms with Crippen molar-refractivity contribution in [3.63, 3.8) is 0 Å². The van der Waals surface area contributed by atoms with Gasteiger partial charge in [-0.3, -0.25) is 0 Å². The van der Waals surface area contributed by atoms with Crippen LogP contribution in [0.4, 0.5) is 0 Å². The molecule has 24 heavy (non-hydrogen) atoms. The number of fused-ring (bicyclic) bond motifs is 1. The first-order valence-corrected chi connectivity index (χ1v) is 7.65. The second-order valence-electron chi connectivity index (χ2n) is 5.39. The molecule has 122 valence electrons. The van der Waals surface area contributed by atoms with Crippen LogP contribution in [0, 0.1) is 6.92 Å². The lowest BCUT2D eigenvalue weighted by Gasteiger charge is -2.05. The Morgan fingerprint density at radius 1 is 1.04 bits per heavy atom. The Labute approximate surface area is 139 Å². The van der Waals surface area contributed by atoms with Crippen molar-refractivity contribution < 1.29 is 19.1 Å². The second kappa shape index (κ2) is 6.58. The Bertz CT molecular complexity index is 893. The van der Waals surface area contributed by atoms with Crippen LogP contribution in [0.15, 0.2) is 48.7 Å². The maximum Gasteiger partial charge on any atom is 0.345 e. The molecule has 5 nitrogen and oxygen atoms in total. The minimum absolute atomic E-state index is 0.298. The van der Waals surface area contributed by atoms with Gasteiger partial charge in [0.2, 0.25) is 0 Å². The molecule has 0 saturated heterocycles. The zero-order chi connectivity index (χ0) is 17.1. The van der Waals surface area contributed by atoms with Gasteiger partial charge < -0.3 is 14.5 Å². The van der Waals surface area contributed by atoms with Gasteiger partial charge in [0.25, 0.3) is 0 Å². The lowest BCUT2D eigenvalue weighted by Crippen LogP contribution is -2.08. The normalized spacial score (nSPS) is 10.6. The summed E-state index contributed by atoms with van der Waals surface area (Å²) in [5.41, 5.74) is 2.60. The molecule has 0 atom stereocenters. The molecule has 1 N–H and O–H groups in total. The van der Waals surface area contributed by atoms with E-state index in [1.807, 2.05) is 19.1 Å². The van der Waals surface area contributed by atoms with Crippen LogP contribution in [0.5, 0.6) is 5.75 Å². The number of benzene rings is 2.